The van der Waals surface area contributed by atoms with Crippen molar-refractivity contribution in [3.8, 4) is 6.07 Å². The number of rotatable bonds is 5. The molecule has 2 heterocycles. The number of nitrogens with zero attached hydrogens (tertiary/aromatic N) is 4. The highest BCUT2D eigenvalue weighted by Gasteiger charge is 2.15. The number of hydrogen-bond acceptors (Lipinski definition) is 6. The predicted octanol–water partition coefficient (Wildman–Crippen LogP) is 2.19. The topological polar surface area (TPSA) is 117 Å². The fraction of sp³-hybridized carbons (Fsp3) is 0.263. The summed E-state index contributed by atoms with van der Waals surface area (Å²) in [6.45, 7) is 3.73. The number of carbonyl (C=O) groups is 1. The Bertz CT molecular complexity index is 1210. The summed E-state index contributed by atoms with van der Waals surface area (Å²) in [7, 11) is -3.27. The molecule has 0 fully saturated rings. The van der Waals surface area contributed by atoms with Gasteiger partial charge in [-0.2, -0.15) is 10.4 Å². The second-order valence-electron chi connectivity index (χ2n) is 6.51. The molecule has 0 aliphatic rings. The third-order valence-electron chi connectivity index (χ3n) is 4.50. The molecule has 1 N–H and O–H groups in total. The van der Waals surface area contributed by atoms with Crippen molar-refractivity contribution in [3.05, 3.63) is 53.0 Å². The number of sulfone groups is 1. The molecular weight excluding hydrogens is 378 g/mol. The van der Waals surface area contributed by atoms with Crippen molar-refractivity contribution in [2.24, 2.45) is 0 Å². The van der Waals surface area contributed by atoms with Gasteiger partial charge >= 0.3 is 0 Å². The predicted molar refractivity (Wildman–Crippen MR) is 104 cm³/mol. The average molecular weight is 397 g/mol. The minimum Gasteiger partial charge on any atom is -0.326 e. The molecule has 1 aromatic carbocycles. The lowest BCUT2D eigenvalue weighted by Crippen LogP contribution is -2.14. The number of aryl methyl sites for hydroxylation is 2. The first-order chi connectivity index (χ1) is 13.2. The van der Waals surface area contributed by atoms with Crippen molar-refractivity contribution < 1.29 is 13.2 Å². The van der Waals surface area contributed by atoms with E-state index < -0.39 is 9.84 Å². The lowest BCUT2D eigenvalue weighted by Gasteiger charge is -2.11. The van der Waals surface area contributed by atoms with Crippen LogP contribution in [0.2, 0.25) is 0 Å². The smallest absolute Gasteiger partial charge is 0.224 e. The van der Waals surface area contributed by atoms with Gasteiger partial charge in [-0.15, -0.1) is 0 Å². The van der Waals surface area contributed by atoms with Crippen molar-refractivity contribution in [3.63, 3.8) is 0 Å². The zero-order valence-corrected chi connectivity index (χ0v) is 16.5. The number of nitriles is 1. The molecule has 2 aromatic heterocycles. The summed E-state index contributed by atoms with van der Waals surface area (Å²) in [6, 6.07) is 8.11. The molecule has 1 amide bonds. The van der Waals surface area contributed by atoms with Crippen molar-refractivity contribution in [2.75, 3.05) is 11.6 Å². The fourth-order valence-corrected chi connectivity index (χ4v) is 3.63. The molecule has 0 aliphatic carbocycles. The summed E-state index contributed by atoms with van der Waals surface area (Å²) in [5.74, 6) is -0.191. The maximum atomic E-state index is 12.3. The van der Waals surface area contributed by atoms with Crippen LogP contribution in [0.15, 0.2) is 35.4 Å². The van der Waals surface area contributed by atoms with Crippen molar-refractivity contribution in [1.82, 2.24) is 14.6 Å². The van der Waals surface area contributed by atoms with Crippen LogP contribution in [0, 0.1) is 25.2 Å². The van der Waals surface area contributed by atoms with Gasteiger partial charge in [-0.1, -0.05) is 0 Å². The van der Waals surface area contributed by atoms with Crippen LogP contribution >= 0.6 is 0 Å². The number of fused-ring (bicyclic) bond motifs is 1. The van der Waals surface area contributed by atoms with Gasteiger partial charge in [-0.05, 0) is 50.1 Å². The second kappa shape index (κ2) is 7.40. The van der Waals surface area contributed by atoms with E-state index >= 15 is 0 Å². The average Bonchev–Trinajstić information content (AvgIpc) is 3.04. The van der Waals surface area contributed by atoms with Crippen LogP contribution < -0.4 is 5.32 Å². The van der Waals surface area contributed by atoms with Gasteiger partial charge in [0.2, 0.25) is 5.91 Å². The lowest BCUT2D eigenvalue weighted by atomic mass is 10.1. The normalized spacial score (nSPS) is 11.4. The molecule has 3 aromatic rings. The van der Waals surface area contributed by atoms with Gasteiger partial charge in [0.25, 0.3) is 0 Å². The Labute approximate surface area is 162 Å². The first-order valence-corrected chi connectivity index (χ1v) is 10.4. The minimum atomic E-state index is -3.27. The molecule has 144 valence electrons. The summed E-state index contributed by atoms with van der Waals surface area (Å²) in [5, 5.41) is 16.1. The second-order valence-corrected chi connectivity index (χ2v) is 8.53. The van der Waals surface area contributed by atoms with Crippen LogP contribution in [-0.2, 0) is 21.1 Å². The van der Waals surface area contributed by atoms with Crippen LogP contribution in [0.3, 0.4) is 0 Å². The van der Waals surface area contributed by atoms with Gasteiger partial charge < -0.3 is 5.32 Å². The molecule has 0 saturated heterocycles. The highest BCUT2D eigenvalue weighted by atomic mass is 32.2. The van der Waals surface area contributed by atoms with E-state index in [-0.39, 0.29) is 17.2 Å². The molecule has 28 heavy (non-hydrogen) atoms. The highest BCUT2D eigenvalue weighted by molar-refractivity contribution is 7.90. The van der Waals surface area contributed by atoms with Crippen molar-refractivity contribution in [2.45, 2.75) is 31.6 Å². The monoisotopic (exact) mass is 397 g/mol. The number of carbonyl (C=O) groups excluding carboxylic acids is 1. The van der Waals surface area contributed by atoms with E-state index in [0.717, 1.165) is 23.2 Å². The van der Waals surface area contributed by atoms with E-state index in [0.29, 0.717) is 23.3 Å². The Hall–Kier alpha value is -3.25. The molecule has 0 radical (unpaired) electrons. The SMILES string of the molecule is Cc1nc2c(C#N)cnn2c(C)c1CCC(=O)Nc1ccc(S(C)(=O)=O)cc1. The Balaban J connectivity index is 1.72. The van der Waals surface area contributed by atoms with Crippen molar-refractivity contribution >= 4 is 27.1 Å². The number of aromatic nitrogens is 3. The summed E-state index contributed by atoms with van der Waals surface area (Å²) in [6.07, 6.45) is 3.31. The van der Waals surface area contributed by atoms with Gasteiger partial charge in [-0.25, -0.2) is 17.9 Å². The zero-order valence-electron chi connectivity index (χ0n) is 15.7. The summed E-state index contributed by atoms with van der Waals surface area (Å²) >= 11 is 0. The molecule has 0 unspecified atom stereocenters. The number of nitrogens with one attached hydrogen (secondary N) is 1. The quantitative estimate of drug-likeness (QED) is 0.705. The maximum Gasteiger partial charge on any atom is 0.224 e. The number of amides is 1. The van der Waals surface area contributed by atoms with Crippen LogP contribution in [0.25, 0.3) is 5.65 Å². The molecule has 8 nitrogen and oxygen atoms in total. The van der Waals surface area contributed by atoms with Crippen LogP contribution in [-0.4, -0.2) is 35.2 Å². The summed E-state index contributed by atoms with van der Waals surface area (Å²) in [5.41, 5.74) is 3.96. The van der Waals surface area contributed by atoms with Gasteiger partial charge in [0.05, 0.1) is 11.1 Å². The maximum absolute atomic E-state index is 12.3. The van der Waals surface area contributed by atoms with Crippen LogP contribution in [0.4, 0.5) is 5.69 Å². The van der Waals surface area contributed by atoms with E-state index in [2.05, 4.69) is 21.5 Å². The van der Waals surface area contributed by atoms with E-state index in [9.17, 15) is 13.2 Å². The molecule has 0 spiro atoms. The lowest BCUT2D eigenvalue weighted by molar-refractivity contribution is -0.116. The molecule has 9 heteroatoms. The first-order valence-electron chi connectivity index (χ1n) is 8.54. The Morgan fingerprint density at radius 1 is 1.25 bits per heavy atom. The fourth-order valence-electron chi connectivity index (χ4n) is 3.00. The molecule has 0 saturated carbocycles. The third kappa shape index (κ3) is 3.87. The highest BCUT2D eigenvalue weighted by Crippen LogP contribution is 2.19. The van der Waals surface area contributed by atoms with Crippen LogP contribution in [0.5, 0.6) is 0 Å². The van der Waals surface area contributed by atoms with Gasteiger partial charge in [0.1, 0.15) is 11.6 Å². The molecule has 0 bridgehead atoms. The van der Waals surface area contributed by atoms with Gasteiger partial charge in [0, 0.05) is 29.8 Å². The van der Waals surface area contributed by atoms with E-state index in [1.54, 1.807) is 16.6 Å². The molecular formula is C19H19N5O3S. The van der Waals surface area contributed by atoms with Gasteiger partial charge in [0.15, 0.2) is 15.5 Å². The van der Waals surface area contributed by atoms with E-state index in [1.165, 1.54) is 18.3 Å². The number of anilines is 1. The van der Waals surface area contributed by atoms with Crippen molar-refractivity contribution in [1.29, 1.82) is 5.26 Å². The Morgan fingerprint density at radius 3 is 2.54 bits per heavy atom. The Morgan fingerprint density at radius 2 is 1.93 bits per heavy atom. The largest absolute Gasteiger partial charge is 0.326 e. The first kappa shape index (κ1) is 19.5. The minimum absolute atomic E-state index is 0.191. The summed E-state index contributed by atoms with van der Waals surface area (Å²) in [4.78, 5) is 16.9. The van der Waals surface area contributed by atoms with Gasteiger partial charge in [-0.3, -0.25) is 4.79 Å². The van der Waals surface area contributed by atoms with E-state index in [4.69, 9.17) is 5.26 Å². The van der Waals surface area contributed by atoms with E-state index in [1.807, 2.05) is 13.8 Å². The number of hydrogen-bond donors (Lipinski definition) is 1. The summed E-state index contributed by atoms with van der Waals surface area (Å²) < 4.78 is 24.6. The Kier molecular flexibility index (Phi) is 5.16. The molecule has 0 aliphatic heterocycles. The standard InChI is InChI=1S/C19H19N5O3S/c1-12-17(13(2)24-19(22-12)14(10-20)11-21-24)8-9-18(25)23-15-4-6-16(7-5-15)28(3,26)27/h4-7,11H,8-9H2,1-3H3,(H,23,25). The molecule has 3 rings (SSSR count). The molecule has 0 atom stereocenters. The zero-order chi connectivity index (χ0) is 20.5. The number of benzene rings is 1. The third-order valence-corrected chi connectivity index (χ3v) is 5.63. The van der Waals surface area contributed by atoms with Crippen LogP contribution in [0.1, 0.15) is 28.9 Å².